The maximum Gasteiger partial charge on any atom is 0.429 e. The summed E-state index contributed by atoms with van der Waals surface area (Å²) in [6.45, 7) is 3.67. The molecule has 0 saturated heterocycles. The van der Waals surface area contributed by atoms with Gasteiger partial charge in [-0.2, -0.15) is 13.5 Å². The standard InChI is InChI=1S/C17H16N2O3S/c1-13-8-10-15(11-9-13)17-12-14(2)19(18-17)23(20,21)22-16-6-4-3-5-7-16/h3-12H,1-2H3. The van der Waals surface area contributed by atoms with Gasteiger partial charge in [0.05, 0.1) is 11.4 Å². The lowest BCUT2D eigenvalue weighted by atomic mass is 10.1. The number of hydrogen-bond acceptors (Lipinski definition) is 4. The first-order chi connectivity index (χ1) is 11.0. The number of hydrogen-bond donors (Lipinski definition) is 0. The van der Waals surface area contributed by atoms with Crippen molar-refractivity contribution in [3.63, 3.8) is 0 Å². The Balaban J connectivity index is 1.95. The van der Waals surface area contributed by atoms with E-state index in [1.807, 2.05) is 31.2 Å². The first-order valence-corrected chi connectivity index (χ1v) is 8.46. The molecular formula is C17H16N2O3S. The summed E-state index contributed by atoms with van der Waals surface area (Å²) in [7, 11) is -4.03. The van der Waals surface area contributed by atoms with Crippen LogP contribution in [-0.4, -0.2) is 17.6 Å². The van der Waals surface area contributed by atoms with E-state index in [2.05, 4.69) is 5.10 Å². The molecule has 0 spiro atoms. The van der Waals surface area contributed by atoms with E-state index in [4.69, 9.17) is 4.18 Å². The Morgan fingerprint density at radius 2 is 1.61 bits per heavy atom. The van der Waals surface area contributed by atoms with E-state index in [0.29, 0.717) is 11.4 Å². The van der Waals surface area contributed by atoms with Crippen LogP contribution in [0, 0.1) is 13.8 Å². The van der Waals surface area contributed by atoms with Crippen molar-refractivity contribution in [2.45, 2.75) is 13.8 Å². The highest BCUT2D eigenvalue weighted by atomic mass is 32.2. The Morgan fingerprint density at radius 3 is 2.26 bits per heavy atom. The highest BCUT2D eigenvalue weighted by molar-refractivity contribution is 7.85. The SMILES string of the molecule is Cc1ccc(-c2cc(C)n(S(=O)(=O)Oc3ccccc3)n2)cc1. The molecule has 0 atom stereocenters. The van der Waals surface area contributed by atoms with Gasteiger partial charge in [0.25, 0.3) is 0 Å². The quantitative estimate of drug-likeness (QED) is 0.737. The first-order valence-electron chi connectivity index (χ1n) is 7.09. The molecule has 5 nitrogen and oxygen atoms in total. The number of rotatable bonds is 4. The average Bonchev–Trinajstić information content (AvgIpc) is 2.91. The van der Waals surface area contributed by atoms with Gasteiger partial charge >= 0.3 is 10.3 Å². The van der Waals surface area contributed by atoms with Crippen molar-refractivity contribution in [3.05, 3.63) is 71.9 Å². The topological polar surface area (TPSA) is 61.2 Å². The van der Waals surface area contributed by atoms with Gasteiger partial charge in [0, 0.05) is 5.56 Å². The zero-order valence-corrected chi connectivity index (χ0v) is 13.6. The summed E-state index contributed by atoms with van der Waals surface area (Å²) in [4.78, 5) is 0. The molecule has 0 amide bonds. The summed E-state index contributed by atoms with van der Waals surface area (Å²) in [5.74, 6) is 0.249. The zero-order chi connectivity index (χ0) is 16.4. The molecule has 3 aromatic rings. The highest BCUT2D eigenvalue weighted by Crippen LogP contribution is 2.21. The molecule has 0 aliphatic rings. The van der Waals surface area contributed by atoms with Crippen LogP contribution in [0.5, 0.6) is 5.75 Å². The Kier molecular flexibility index (Phi) is 3.92. The Morgan fingerprint density at radius 1 is 0.957 bits per heavy atom. The molecule has 0 radical (unpaired) electrons. The third kappa shape index (κ3) is 3.27. The second-order valence-corrected chi connectivity index (χ2v) is 6.60. The first kappa shape index (κ1) is 15.3. The number of nitrogens with zero attached hydrogens (tertiary/aromatic N) is 2. The summed E-state index contributed by atoms with van der Waals surface area (Å²) in [5, 5.41) is 4.18. The van der Waals surface area contributed by atoms with Crippen molar-refractivity contribution in [3.8, 4) is 17.0 Å². The molecule has 0 unspecified atom stereocenters. The van der Waals surface area contributed by atoms with Crippen LogP contribution in [0.1, 0.15) is 11.3 Å². The molecule has 0 fully saturated rings. The Bertz CT molecular complexity index is 914. The lowest BCUT2D eigenvalue weighted by molar-refractivity contribution is 0.468. The van der Waals surface area contributed by atoms with Crippen LogP contribution < -0.4 is 4.18 Å². The fourth-order valence-corrected chi connectivity index (χ4v) is 3.20. The lowest BCUT2D eigenvalue weighted by Gasteiger charge is -2.07. The van der Waals surface area contributed by atoms with E-state index in [1.54, 1.807) is 43.3 Å². The van der Waals surface area contributed by atoms with E-state index >= 15 is 0 Å². The molecule has 6 heteroatoms. The molecule has 3 rings (SSSR count). The second kappa shape index (κ2) is 5.89. The molecule has 1 aromatic heterocycles. The van der Waals surface area contributed by atoms with Gasteiger partial charge in [0.2, 0.25) is 0 Å². The molecule has 2 aromatic carbocycles. The van der Waals surface area contributed by atoms with Crippen LogP contribution >= 0.6 is 0 Å². The smallest absolute Gasteiger partial charge is 0.366 e. The minimum absolute atomic E-state index is 0.249. The minimum atomic E-state index is -4.03. The van der Waals surface area contributed by atoms with Gasteiger partial charge in [0.15, 0.2) is 0 Å². The van der Waals surface area contributed by atoms with Crippen molar-refractivity contribution in [2.75, 3.05) is 0 Å². The van der Waals surface area contributed by atoms with Gasteiger partial charge in [-0.1, -0.05) is 48.0 Å². The molecule has 0 aliphatic heterocycles. The maximum atomic E-state index is 12.4. The number of para-hydroxylation sites is 1. The number of aromatic nitrogens is 2. The molecule has 23 heavy (non-hydrogen) atoms. The Hall–Kier alpha value is -2.60. The van der Waals surface area contributed by atoms with Gasteiger partial charge in [0.1, 0.15) is 5.75 Å². The van der Waals surface area contributed by atoms with E-state index in [1.165, 1.54) is 0 Å². The fourth-order valence-electron chi connectivity index (χ4n) is 2.18. The predicted octanol–water partition coefficient (Wildman–Crippen LogP) is 3.34. The van der Waals surface area contributed by atoms with Gasteiger partial charge in [-0.25, -0.2) is 0 Å². The van der Waals surface area contributed by atoms with Crippen molar-refractivity contribution in [1.29, 1.82) is 0 Å². The van der Waals surface area contributed by atoms with E-state index in [0.717, 1.165) is 15.2 Å². The van der Waals surface area contributed by atoms with Gasteiger partial charge < -0.3 is 4.18 Å². The Labute approximate surface area is 135 Å². The molecular weight excluding hydrogens is 312 g/mol. The maximum absolute atomic E-state index is 12.4. The monoisotopic (exact) mass is 328 g/mol. The van der Waals surface area contributed by atoms with Crippen LogP contribution in [0.15, 0.2) is 60.7 Å². The normalized spacial score (nSPS) is 11.4. The summed E-state index contributed by atoms with van der Waals surface area (Å²) in [6.07, 6.45) is 0. The van der Waals surface area contributed by atoms with Gasteiger partial charge in [-0.3, -0.25) is 0 Å². The molecule has 0 bridgehead atoms. The number of aryl methyl sites for hydroxylation is 2. The minimum Gasteiger partial charge on any atom is -0.366 e. The summed E-state index contributed by atoms with van der Waals surface area (Å²) >= 11 is 0. The van der Waals surface area contributed by atoms with E-state index in [9.17, 15) is 8.42 Å². The predicted molar refractivity (Wildman–Crippen MR) is 88.5 cm³/mol. The molecule has 1 heterocycles. The summed E-state index contributed by atoms with van der Waals surface area (Å²) in [6, 6.07) is 17.8. The number of benzene rings is 2. The molecule has 0 saturated carbocycles. The zero-order valence-electron chi connectivity index (χ0n) is 12.8. The van der Waals surface area contributed by atoms with Crippen LogP contribution in [0.4, 0.5) is 0 Å². The summed E-state index contributed by atoms with van der Waals surface area (Å²) < 4.78 is 30.8. The molecule has 118 valence electrons. The highest BCUT2D eigenvalue weighted by Gasteiger charge is 2.20. The summed E-state index contributed by atoms with van der Waals surface area (Å²) in [5.41, 5.74) is 3.05. The van der Waals surface area contributed by atoms with E-state index < -0.39 is 10.3 Å². The van der Waals surface area contributed by atoms with Crippen LogP contribution in [0.3, 0.4) is 0 Å². The van der Waals surface area contributed by atoms with Crippen LogP contribution in [0.25, 0.3) is 11.3 Å². The van der Waals surface area contributed by atoms with Crippen molar-refractivity contribution >= 4 is 10.3 Å². The average molecular weight is 328 g/mol. The van der Waals surface area contributed by atoms with E-state index in [-0.39, 0.29) is 5.75 Å². The van der Waals surface area contributed by atoms with Gasteiger partial charge in [-0.05, 0) is 32.0 Å². The molecule has 0 N–H and O–H groups in total. The van der Waals surface area contributed by atoms with Crippen molar-refractivity contribution in [1.82, 2.24) is 9.19 Å². The van der Waals surface area contributed by atoms with Crippen molar-refractivity contribution in [2.24, 2.45) is 0 Å². The fraction of sp³-hybridized carbons (Fsp3) is 0.118. The van der Waals surface area contributed by atoms with Crippen LogP contribution in [0.2, 0.25) is 0 Å². The van der Waals surface area contributed by atoms with Crippen LogP contribution in [-0.2, 0) is 10.3 Å². The lowest BCUT2D eigenvalue weighted by Crippen LogP contribution is -2.21. The third-order valence-electron chi connectivity index (χ3n) is 3.35. The third-order valence-corrected chi connectivity index (χ3v) is 4.55. The molecule has 0 aliphatic carbocycles. The second-order valence-electron chi connectivity index (χ2n) is 5.23. The van der Waals surface area contributed by atoms with Crippen molar-refractivity contribution < 1.29 is 12.6 Å². The largest absolute Gasteiger partial charge is 0.429 e. The van der Waals surface area contributed by atoms with Gasteiger partial charge in [-0.15, -0.1) is 4.09 Å².